The van der Waals surface area contributed by atoms with Gasteiger partial charge in [0.1, 0.15) is 0 Å². The van der Waals surface area contributed by atoms with Gasteiger partial charge in [0.2, 0.25) is 0 Å². The largest absolute Gasteiger partial charge is 0.462 e. The average molecular weight is 222 g/mol. The summed E-state index contributed by atoms with van der Waals surface area (Å²) in [4.78, 5) is 10.9. The zero-order chi connectivity index (χ0) is 11.5. The summed E-state index contributed by atoms with van der Waals surface area (Å²) in [5.74, 6) is -5.00. The molecule has 1 heterocycles. The molecule has 0 saturated carbocycles. The molecule has 0 unspecified atom stereocenters. The maximum absolute atomic E-state index is 13.3. The molecule has 1 fully saturated rings. The summed E-state index contributed by atoms with van der Waals surface area (Å²) in [5.41, 5.74) is 0. The van der Waals surface area contributed by atoms with Crippen molar-refractivity contribution in [2.75, 3.05) is 19.8 Å². The molecule has 1 rings (SSSR count). The van der Waals surface area contributed by atoms with Gasteiger partial charge < -0.3 is 9.47 Å². The van der Waals surface area contributed by atoms with Gasteiger partial charge in [-0.05, 0) is 18.8 Å². The molecule has 2 atom stereocenters. The molecule has 0 aromatic carbocycles. The van der Waals surface area contributed by atoms with Crippen LogP contribution in [0.5, 0.6) is 0 Å². The Balaban J connectivity index is 2.51. The number of hydrogen-bond acceptors (Lipinski definition) is 3. The standard InChI is InChI=1S/C10H16F2O3/c1-3-15-9(13)10(11,12)4-8-6-14-5-7(8)2/h7-8H,3-6H2,1-2H3/t7-,8+/m0/s1. The van der Waals surface area contributed by atoms with Gasteiger partial charge in [0.05, 0.1) is 6.61 Å². The fourth-order valence-electron chi connectivity index (χ4n) is 1.62. The van der Waals surface area contributed by atoms with E-state index in [9.17, 15) is 13.6 Å². The predicted molar refractivity (Wildman–Crippen MR) is 49.7 cm³/mol. The van der Waals surface area contributed by atoms with Crippen LogP contribution in [-0.4, -0.2) is 31.7 Å². The summed E-state index contributed by atoms with van der Waals surface area (Å²) >= 11 is 0. The molecule has 0 aliphatic carbocycles. The Labute approximate surface area is 87.7 Å². The van der Waals surface area contributed by atoms with Crippen molar-refractivity contribution in [3.63, 3.8) is 0 Å². The zero-order valence-corrected chi connectivity index (χ0v) is 8.96. The van der Waals surface area contributed by atoms with Gasteiger partial charge in [0, 0.05) is 19.6 Å². The van der Waals surface area contributed by atoms with Crippen molar-refractivity contribution >= 4 is 5.97 Å². The van der Waals surface area contributed by atoms with E-state index in [0.717, 1.165) is 0 Å². The van der Waals surface area contributed by atoms with Crippen LogP contribution in [0.2, 0.25) is 0 Å². The van der Waals surface area contributed by atoms with Crippen LogP contribution in [0.25, 0.3) is 0 Å². The number of carbonyl (C=O) groups is 1. The first kappa shape index (κ1) is 12.4. The van der Waals surface area contributed by atoms with Crippen molar-refractivity contribution in [3.05, 3.63) is 0 Å². The Morgan fingerprint density at radius 3 is 2.67 bits per heavy atom. The summed E-state index contributed by atoms with van der Waals surface area (Å²) < 4.78 is 36.0. The fourth-order valence-corrected chi connectivity index (χ4v) is 1.62. The Kier molecular flexibility index (Phi) is 4.02. The number of rotatable bonds is 4. The topological polar surface area (TPSA) is 35.5 Å². The lowest BCUT2D eigenvalue weighted by atomic mass is 9.92. The van der Waals surface area contributed by atoms with Gasteiger partial charge in [-0.1, -0.05) is 6.92 Å². The van der Waals surface area contributed by atoms with Crippen LogP contribution in [0.1, 0.15) is 20.3 Å². The Morgan fingerprint density at radius 1 is 1.53 bits per heavy atom. The second-order valence-corrected chi connectivity index (χ2v) is 3.90. The fraction of sp³-hybridized carbons (Fsp3) is 0.900. The molecule has 15 heavy (non-hydrogen) atoms. The van der Waals surface area contributed by atoms with Gasteiger partial charge >= 0.3 is 11.9 Å². The van der Waals surface area contributed by atoms with E-state index in [1.807, 2.05) is 6.92 Å². The van der Waals surface area contributed by atoms with Gasteiger partial charge in [-0.2, -0.15) is 8.78 Å². The molecule has 3 nitrogen and oxygen atoms in total. The summed E-state index contributed by atoms with van der Waals surface area (Å²) in [6.07, 6.45) is -0.479. The molecule has 1 aliphatic rings. The smallest absolute Gasteiger partial charge is 0.376 e. The van der Waals surface area contributed by atoms with Gasteiger partial charge in [-0.3, -0.25) is 0 Å². The number of carbonyl (C=O) groups excluding carboxylic acids is 1. The third kappa shape index (κ3) is 3.12. The highest BCUT2D eigenvalue weighted by molar-refractivity contribution is 5.77. The Bertz CT molecular complexity index is 231. The van der Waals surface area contributed by atoms with Crippen molar-refractivity contribution in [3.8, 4) is 0 Å². The number of hydrogen-bond donors (Lipinski definition) is 0. The van der Waals surface area contributed by atoms with E-state index >= 15 is 0 Å². The lowest BCUT2D eigenvalue weighted by Gasteiger charge is -2.19. The lowest BCUT2D eigenvalue weighted by Crippen LogP contribution is -2.34. The molecule has 1 saturated heterocycles. The molecule has 0 radical (unpaired) electrons. The summed E-state index contributed by atoms with van der Waals surface area (Å²) in [7, 11) is 0. The van der Waals surface area contributed by atoms with Crippen molar-refractivity contribution < 1.29 is 23.0 Å². The predicted octanol–water partition coefficient (Wildman–Crippen LogP) is 1.86. The molecule has 0 aromatic heterocycles. The van der Waals surface area contributed by atoms with Crippen molar-refractivity contribution in [1.82, 2.24) is 0 Å². The first-order chi connectivity index (χ1) is 6.97. The maximum Gasteiger partial charge on any atom is 0.376 e. The average Bonchev–Trinajstić information content (AvgIpc) is 2.52. The molecule has 5 heteroatoms. The molecule has 0 amide bonds. The first-order valence-electron chi connectivity index (χ1n) is 5.10. The minimum Gasteiger partial charge on any atom is -0.462 e. The molecular formula is C10H16F2O3. The number of alkyl halides is 2. The number of ether oxygens (including phenoxy) is 2. The normalized spacial score (nSPS) is 26.7. The highest BCUT2D eigenvalue weighted by Crippen LogP contribution is 2.32. The summed E-state index contributed by atoms with van der Waals surface area (Å²) in [6.45, 7) is 4.12. The zero-order valence-electron chi connectivity index (χ0n) is 8.96. The second kappa shape index (κ2) is 4.88. The van der Waals surface area contributed by atoms with E-state index in [1.165, 1.54) is 6.92 Å². The van der Waals surface area contributed by atoms with Crippen LogP contribution in [-0.2, 0) is 14.3 Å². The van der Waals surface area contributed by atoms with Gasteiger partial charge in [-0.25, -0.2) is 4.79 Å². The minimum atomic E-state index is -3.39. The van der Waals surface area contributed by atoms with E-state index in [4.69, 9.17) is 4.74 Å². The summed E-state index contributed by atoms with van der Waals surface area (Å²) in [5, 5.41) is 0. The highest BCUT2D eigenvalue weighted by atomic mass is 19.3. The monoisotopic (exact) mass is 222 g/mol. The van der Waals surface area contributed by atoms with Crippen molar-refractivity contribution in [2.24, 2.45) is 11.8 Å². The Hall–Kier alpha value is -0.710. The van der Waals surface area contributed by atoms with E-state index in [2.05, 4.69) is 4.74 Å². The molecule has 0 spiro atoms. The van der Waals surface area contributed by atoms with Crippen LogP contribution in [0.4, 0.5) is 8.78 Å². The number of esters is 1. The second-order valence-electron chi connectivity index (χ2n) is 3.90. The van der Waals surface area contributed by atoms with E-state index in [-0.39, 0.29) is 18.4 Å². The molecular weight excluding hydrogens is 206 g/mol. The third-order valence-corrected chi connectivity index (χ3v) is 2.61. The van der Waals surface area contributed by atoms with Crippen LogP contribution < -0.4 is 0 Å². The van der Waals surface area contributed by atoms with Crippen LogP contribution in [0.3, 0.4) is 0 Å². The van der Waals surface area contributed by atoms with E-state index < -0.39 is 18.3 Å². The first-order valence-corrected chi connectivity index (χ1v) is 5.10. The Morgan fingerprint density at radius 2 is 2.20 bits per heavy atom. The molecule has 1 aliphatic heterocycles. The van der Waals surface area contributed by atoms with E-state index in [1.54, 1.807) is 0 Å². The van der Waals surface area contributed by atoms with Crippen LogP contribution in [0.15, 0.2) is 0 Å². The van der Waals surface area contributed by atoms with Gasteiger partial charge in [0.25, 0.3) is 0 Å². The molecule has 0 aromatic rings. The third-order valence-electron chi connectivity index (χ3n) is 2.61. The number of halogens is 2. The van der Waals surface area contributed by atoms with E-state index in [0.29, 0.717) is 13.2 Å². The lowest BCUT2D eigenvalue weighted by molar-refractivity contribution is -0.174. The molecule has 88 valence electrons. The SMILES string of the molecule is CCOC(=O)C(F)(F)C[C@@H]1COC[C@@H]1C. The quantitative estimate of drug-likeness (QED) is 0.681. The minimum absolute atomic E-state index is 0.0227. The highest BCUT2D eigenvalue weighted by Gasteiger charge is 2.44. The van der Waals surface area contributed by atoms with Crippen molar-refractivity contribution in [1.29, 1.82) is 0 Å². The summed E-state index contributed by atoms with van der Waals surface area (Å²) in [6, 6.07) is 0. The van der Waals surface area contributed by atoms with Crippen molar-refractivity contribution in [2.45, 2.75) is 26.2 Å². The van der Waals surface area contributed by atoms with Gasteiger partial charge in [-0.15, -0.1) is 0 Å². The van der Waals surface area contributed by atoms with Crippen LogP contribution >= 0.6 is 0 Å². The molecule has 0 bridgehead atoms. The van der Waals surface area contributed by atoms with Crippen LogP contribution in [0, 0.1) is 11.8 Å². The van der Waals surface area contributed by atoms with Gasteiger partial charge in [0.15, 0.2) is 0 Å². The maximum atomic E-state index is 13.3. The molecule has 0 N–H and O–H groups in total.